The van der Waals surface area contributed by atoms with Crippen molar-refractivity contribution in [1.29, 1.82) is 5.26 Å². The zero-order chi connectivity index (χ0) is 20.7. The molecule has 7 nitrogen and oxygen atoms in total. The maximum Gasteiger partial charge on any atom is 0.269 e. The van der Waals surface area contributed by atoms with Crippen molar-refractivity contribution in [3.05, 3.63) is 64.2 Å². The van der Waals surface area contributed by atoms with Gasteiger partial charge in [0.05, 0.1) is 16.7 Å². The van der Waals surface area contributed by atoms with E-state index in [-0.39, 0.29) is 0 Å². The summed E-state index contributed by atoms with van der Waals surface area (Å²) in [5.74, 6) is -1.10. The van der Waals surface area contributed by atoms with Crippen LogP contribution in [0.5, 0.6) is 0 Å². The van der Waals surface area contributed by atoms with E-state index in [1.807, 2.05) is 13.0 Å². The van der Waals surface area contributed by atoms with Crippen LogP contribution in [0.4, 0.5) is 5.69 Å². The number of nitrogens with one attached hydrogen (secondary N) is 3. The van der Waals surface area contributed by atoms with E-state index in [2.05, 4.69) is 16.2 Å². The van der Waals surface area contributed by atoms with Gasteiger partial charge in [-0.1, -0.05) is 36.7 Å². The standard InChI is InChI=1S/C20H21ClN4O3/c1-3-15-16(10-9-14(11-22)17(15)21)23-18(12(2)26)20(28)25-24-19(27)13-7-5-4-6-8-13/h4-10,12,18,23,26H,3H2,1-2H3,(H,24,27)(H,25,28)/t12-,18+/m0/s1. The number of aliphatic hydroxyl groups is 1. The Bertz CT molecular complexity index is 894. The Morgan fingerprint density at radius 2 is 1.86 bits per heavy atom. The molecule has 2 aromatic rings. The van der Waals surface area contributed by atoms with Crippen molar-refractivity contribution in [3.8, 4) is 6.07 Å². The third kappa shape index (κ3) is 5.00. The van der Waals surface area contributed by atoms with Crippen molar-refractivity contribution >= 4 is 29.1 Å². The van der Waals surface area contributed by atoms with Crippen molar-refractivity contribution in [2.45, 2.75) is 32.4 Å². The molecule has 0 aliphatic heterocycles. The van der Waals surface area contributed by atoms with E-state index in [0.717, 1.165) is 0 Å². The molecule has 0 fully saturated rings. The molecule has 28 heavy (non-hydrogen) atoms. The van der Waals surface area contributed by atoms with Crippen LogP contribution in [0.1, 0.15) is 35.3 Å². The van der Waals surface area contributed by atoms with E-state index in [1.54, 1.807) is 36.4 Å². The number of amides is 2. The van der Waals surface area contributed by atoms with Crippen molar-refractivity contribution in [2.75, 3.05) is 5.32 Å². The summed E-state index contributed by atoms with van der Waals surface area (Å²) < 4.78 is 0. The van der Waals surface area contributed by atoms with Gasteiger partial charge in [-0.25, -0.2) is 0 Å². The van der Waals surface area contributed by atoms with Crippen LogP contribution in [0, 0.1) is 11.3 Å². The fourth-order valence-electron chi connectivity index (χ4n) is 2.62. The normalized spacial score (nSPS) is 12.4. The van der Waals surface area contributed by atoms with Crippen molar-refractivity contribution < 1.29 is 14.7 Å². The lowest BCUT2D eigenvalue weighted by atomic mass is 10.0. The van der Waals surface area contributed by atoms with Gasteiger partial charge in [-0.2, -0.15) is 5.26 Å². The molecule has 0 bridgehead atoms. The molecule has 2 atom stereocenters. The molecule has 2 aromatic carbocycles. The average molecular weight is 401 g/mol. The van der Waals surface area contributed by atoms with E-state index in [1.165, 1.54) is 13.0 Å². The number of hydrazine groups is 1. The number of carbonyl (C=O) groups excluding carboxylic acids is 2. The van der Waals surface area contributed by atoms with Crippen LogP contribution in [0.3, 0.4) is 0 Å². The molecule has 0 unspecified atom stereocenters. The number of nitriles is 1. The first-order chi connectivity index (χ1) is 13.4. The molecule has 0 saturated heterocycles. The fraction of sp³-hybridized carbons (Fsp3) is 0.250. The Labute approximate surface area is 168 Å². The number of benzene rings is 2. The van der Waals surface area contributed by atoms with Gasteiger partial charge in [-0.05, 0) is 43.2 Å². The fourth-order valence-corrected chi connectivity index (χ4v) is 2.96. The third-order valence-corrected chi connectivity index (χ3v) is 4.56. The number of halogens is 1. The SMILES string of the molecule is CCc1c(N[C@@H](C(=O)NNC(=O)c2ccccc2)[C@H](C)O)ccc(C#N)c1Cl. The van der Waals surface area contributed by atoms with Crippen LogP contribution in [0.15, 0.2) is 42.5 Å². The first-order valence-corrected chi connectivity index (χ1v) is 9.08. The predicted molar refractivity (Wildman–Crippen MR) is 107 cm³/mol. The largest absolute Gasteiger partial charge is 0.391 e. The summed E-state index contributed by atoms with van der Waals surface area (Å²) in [6.45, 7) is 3.32. The van der Waals surface area contributed by atoms with Crippen LogP contribution in [0.2, 0.25) is 5.02 Å². The lowest BCUT2D eigenvalue weighted by Gasteiger charge is -2.24. The maximum atomic E-state index is 12.5. The zero-order valence-corrected chi connectivity index (χ0v) is 16.2. The number of nitrogens with zero attached hydrogens (tertiary/aromatic N) is 1. The molecule has 8 heteroatoms. The minimum Gasteiger partial charge on any atom is -0.391 e. The van der Waals surface area contributed by atoms with Crippen molar-refractivity contribution in [2.24, 2.45) is 0 Å². The highest BCUT2D eigenvalue weighted by Gasteiger charge is 2.25. The molecule has 4 N–H and O–H groups in total. The summed E-state index contributed by atoms with van der Waals surface area (Å²) >= 11 is 6.24. The first-order valence-electron chi connectivity index (χ1n) is 8.70. The highest BCUT2D eigenvalue weighted by Crippen LogP contribution is 2.29. The smallest absolute Gasteiger partial charge is 0.269 e. The van der Waals surface area contributed by atoms with Gasteiger partial charge in [0.1, 0.15) is 12.1 Å². The lowest BCUT2D eigenvalue weighted by Crippen LogP contribution is -2.52. The van der Waals surface area contributed by atoms with E-state index in [4.69, 9.17) is 16.9 Å². The Morgan fingerprint density at radius 1 is 1.18 bits per heavy atom. The van der Waals surface area contributed by atoms with Crippen LogP contribution >= 0.6 is 11.6 Å². The van der Waals surface area contributed by atoms with E-state index < -0.39 is 24.0 Å². The lowest BCUT2D eigenvalue weighted by molar-refractivity contribution is -0.124. The van der Waals surface area contributed by atoms with Gasteiger partial charge in [0.15, 0.2) is 0 Å². The second-order valence-electron chi connectivity index (χ2n) is 6.09. The molecule has 0 heterocycles. The first kappa shape index (κ1) is 21.2. The van der Waals surface area contributed by atoms with E-state index in [0.29, 0.717) is 33.8 Å². The predicted octanol–water partition coefficient (Wildman–Crippen LogP) is 2.40. The highest BCUT2D eigenvalue weighted by molar-refractivity contribution is 6.33. The van der Waals surface area contributed by atoms with Crippen LogP contribution in [-0.2, 0) is 11.2 Å². The molecule has 0 radical (unpaired) electrons. The summed E-state index contributed by atoms with van der Waals surface area (Å²) in [5.41, 5.74) is 6.54. The summed E-state index contributed by atoms with van der Waals surface area (Å²) in [4.78, 5) is 24.6. The van der Waals surface area contributed by atoms with E-state index >= 15 is 0 Å². The molecule has 0 aliphatic carbocycles. The summed E-state index contributed by atoms with van der Waals surface area (Å²) in [7, 11) is 0. The minimum atomic E-state index is -1.06. The molecule has 0 spiro atoms. The molecule has 146 valence electrons. The van der Waals surface area contributed by atoms with Crippen LogP contribution < -0.4 is 16.2 Å². The van der Waals surface area contributed by atoms with Gasteiger partial charge in [-0.15, -0.1) is 0 Å². The molecular formula is C20H21ClN4O3. The number of rotatable bonds is 6. The molecule has 0 aromatic heterocycles. The summed E-state index contributed by atoms with van der Waals surface area (Å²) in [6.07, 6.45) is -0.539. The number of aliphatic hydroxyl groups excluding tert-OH is 1. The second kappa shape index (κ2) is 9.74. The molecule has 2 rings (SSSR count). The zero-order valence-electron chi connectivity index (χ0n) is 15.5. The van der Waals surface area contributed by atoms with Gasteiger partial charge >= 0.3 is 0 Å². The van der Waals surface area contributed by atoms with Crippen LogP contribution in [0.25, 0.3) is 0 Å². The Hall–Kier alpha value is -3.08. The van der Waals surface area contributed by atoms with E-state index in [9.17, 15) is 14.7 Å². The number of hydrogen-bond acceptors (Lipinski definition) is 5. The molecule has 0 saturated carbocycles. The third-order valence-electron chi connectivity index (χ3n) is 4.13. The topological polar surface area (TPSA) is 114 Å². The number of carbonyl (C=O) groups is 2. The second-order valence-corrected chi connectivity index (χ2v) is 6.47. The van der Waals surface area contributed by atoms with Gasteiger partial charge in [0, 0.05) is 11.3 Å². The maximum absolute atomic E-state index is 12.5. The minimum absolute atomic E-state index is 0.303. The molecule has 0 aliphatic rings. The summed E-state index contributed by atoms with van der Waals surface area (Å²) in [6, 6.07) is 12.5. The Balaban J connectivity index is 2.13. The summed E-state index contributed by atoms with van der Waals surface area (Å²) in [5, 5.41) is 22.4. The van der Waals surface area contributed by atoms with Gasteiger partial charge in [-0.3, -0.25) is 20.4 Å². The van der Waals surface area contributed by atoms with Crippen molar-refractivity contribution in [3.63, 3.8) is 0 Å². The van der Waals surface area contributed by atoms with Gasteiger partial charge < -0.3 is 10.4 Å². The Kier molecular flexibility index (Phi) is 7.38. The monoisotopic (exact) mass is 400 g/mol. The average Bonchev–Trinajstić information content (AvgIpc) is 2.70. The highest BCUT2D eigenvalue weighted by atomic mass is 35.5. The number of hydrogen-bond donors (Lipinski definition) is 4. The number of anilines is 1. The molecule has 2 amide bonds. The van der Waals surface area contributed by atoms with Gasteiger partial charge in [0.25, 0.3) is 11.8 Å². The van der Waals surface area contributed by atoms with Crippen LogP contribution in [-0.4, -0.2) is 29.1 Å². The molecular weight excluding hydrogens is 380 g/mol. The quantitative estimate of drug-likeness (QED) is 0.556. The Morgan fingerprint density at radius 3 is 2.43 bits per heavy atom. The van der Waals surface area contributed by atoms with Gasteiger partial charge in [0.2, 0.25) is 0 Å². The van der Waals surface area contributed by atoms with Crippen molar-refractivity contribution in [1.82, 2.24) is 10.9 Å².